The van der Waals surface area contributed by atoms with Gasteiger partial charge in [0.15, 0.2) is 0 Å². The second-order valence-electron chi connectivity index (χ2n) is 5.97. The molecule has 0 radical (unpaired) electrons. The first-order valence-corrected chi connectivity index (χ1v) is 7.93. The van der Waals surface area contributed by atoms with Crippen LogP contribution in [-0.2, 0) is 4.79 Å². The van der Waals surface area contributed by atoms with Gasteiger partial charge in [-0.05, 0) is 57.8 Å². The standard InChI is InChI=1S/C17H26N2O3/c1-12(2)22-16-6-5-14(21-3)10-15(16)19-17(20)7-4-13-8-9-18-11-13/h5-6,10,12-13,18H,4,7-9,11H2,1-3H3,(H,19,20). The number of carbonyl (C=O) groups is 1. The molecule has 0 aromatic heterocycles. The highest BCUT2D eigenvalue weighted by molar-refractivity contribution is 5.92. The van der Waals surface area contributed by atoms with Crippen molar-refractivity contribution < 1.29 is 14.3 Å². The van der Waals surface area contributed by atoms with Gasteiger partial charge in [-0.15, -0.1) is 0 Å². The van der Waals surface area contributed by atoms with E-state index in [0.717, 1.165) is 25.9 Å². The first kappa shape index (κ1) is 16.6. The third-order valence-corrected chi connectivity index (χ3v) is 3.77. The maximum atomic E-state index is 12.2. The number of rotatable bonds is 7. The molecule has 2 N–H and O–H groups in total. The SMILES string of the molecule is COc1ccc(OC(C)C)c(NC(=O)CCC2CCNC2)c1. The van der Waals surface area contributed by atoms with Gasteiger partial charge >= 0.3 is 0 Å². The molecule has 1 aromatic carbocycles. The Morgan fingerprint density at radius 1 is 1.45 bits per heavy atom. The van der Waals surface area contributed by atoms with Crippen molar-refractivity contribution >= 4 is 11.6 Å². The molecule has 1 heterocycles. The van der Waals surface area contributed by atoms with Crippen LogP contribution < -0.4 is 20.1 Å². The molecule has 0 saturated carbocycles. The Kier molecular flexibility index (Phi) is 6.07. The van der Waals surface area contributed by atoms with Crippen LogP contribution >= 0.6 is 0 Å². The highest BCUT2D eigenvalue weighted by Crippen LogP contribution is 2.30. The van der Waals surface area contributed by atoms with Crippen molar-refractivity contribution in [3.63, 3.8) is 0 Å². The molecule has 1 aliphatic rings. The Bertz CT molecular complexity index is 497. The minimum atomic E-state index is 0.0220. The van der Waals surface area contributed by atoms with E-state index in [4.69, 9.17) is 9.47 Å². The van der Waals surface area contributed by atoms with Crippen LogP contribution in [0.15, 0.2) is 18.2 Å². The van der Waals surface area contributed by atoms with Crippen LogP contribution in [0.25, 0.3) is 0 Å². The molecule has 1 atom stereocenters. The number of amides is 1. The maximum absolute atomic E-state index is 12.2. The van der Waals surface area contributed by atoms with Crippen LogP contribution in [0, 0.1) is 5.92 Å². The topological polar surface area (TPSA) is 59.6 Å². The Morgan fingerprint density at radius 3 is 2.91 bits per heavy atom. The molecule has 22 heavy (non-hydrogen) atoms. The van der Waals surface area contributed by atoms with Crippen LogP contribution in [0.1, 0.15) is 33.1 Å². The summed E-state index contributed by atoms with van der Waals surface area (Å²) in [4.78, 5) is 12.2. The van der Waals surface area contributed by atoms with Gasteiger partial charge in [0.1, 0.15) is 11.5 Å². The molecular weight excluding hydrogens is 280 g/mol. The van der Waals surface area contributed by atoms with E-state index in [-0.39, 0.29) is 12.0 Å². The molecule has 0 aliphatic carbocycles. The van der Waals surface area contributed by atoms with Crippen molar-refractivity contribution in [2.45, 2.75) is 39.2 Å². The summed E-state index contributed by atoms with van der Waals surface area (Å²) in [6.07, 6.45) is 2.66. The summed E-state index contributed by atoms with van der Waals surface area (Å²) >= 11 is 0. The van der Waals surface area contributed by atoms with Crippen molar-refractivity contribution in [2.75, 3.05) is 25.5 Å². The Morgan fingerprint density at radius 2 is 2.27 bits per heavy atom. The number of carbonyl (C=O) groups excluding carboxylic acids is 1. The van der Waals surface area contributed by atoms with E-state index in [0.29, 0.717) is 29.5 Å². The number of anilines is 1. The van der Waals surface area contributed by atoms with Crippen molar-refractivity contribution in [3.8, 4) is 11.5 Å². The van der Waals surface area contributed by atoms with E-state index >= 15 is 0 Å². The van der Waals surface area contributed by atoms with Gasteiger partial charge < -0.3 is 20.1 Å². The Hall–Kier alpha value is -1.75. The number of ether oxygens (including phenoxy) is 2. The zero-order valence-electron chi connectivity index (χ0n) is 13.6. The van der Waals surface area contributed by atoms with Crippen LogP contribution in [-0.4, -0.2) is 32.2 Å². The molecular formula is C17H26N2O3. The molecule has 1 amide bonds. The number of hydrogen-bond donors (Lipinski definition) is 2. The second-order valence-corrected chi connectivity index (χ2v) is 5.97. The molecule has 1 unspecified atom stereocenters. The number of hydrogen-bond acceptors (Lipinski definition) is 4. The van der Waals surface area contributed by atoms with E-state index < -0.39 is 0 Å². The summed E-state index contributed by atoms with van der Waals surface area (Å²) in [5.74, 6) is 2.01. The van der Waals surface area contributed by atoms with Gasteiger partial charge in [0, 0.05) is 12.5 Å². The first-order chi connectivity index (χ1) is 10.6. The second kappa shape index (κ2) is 8.03. The lowest BCUT2D eigenvalue weighted by Gasteiger charge is -2.16. The van der Waals surface area contributed by atoms with Gasteiger partial charge in [-0.1, -0.05) is 0 Å². The minimum absolute atomic E-state index is 0.0220. The molecule has 5 heteroatoms. The molecule has 1 aliphatic heterocycles. The molecule has 1 fully saturated rings. The van der Waals surface area contributed by atoms with Crippen molar-refractivity contribution in [2.24, 2.45) is 5.92 Å². The van der Waals surface area contributed by atoms with Gasteiger partial charge in [-0.2, -0.15) is 0 Å². The predicted molar refractivity (Wildman–Crippen MR) is 87.6 cm³/mol. The fourth-order valence-electron chi connectivity index (χ4n) is 2.60. The largest absolute Gasteiger partial charge is 0.497 e. The Balaban J connectivity index is 1.97. The average Bonchev–Trinajstić information content (AvgIpc) is 3.00. The van der Waals surface area contributed by atoms with E-state index in [1.165, 1.54) is 0 Å². The molecule has 0 spiro atoms. The predicted octanol–water partition coefficient (Wildman–Crippen LogP) is 2.81. The highest BCUT2D eigenvalue weighted by Gasteiger charge is 2.17. The lowest BCUT2D eigenvalue weighted by molar-refractivity contribution is -0.116. The number of benzene rings is 1. The van der Waals surface area contributed by atoms with Gasteiger partial charge in [0.05, 0.1) is 18.9 Å². The number of nitrogens with one attached hydrogen (secondary N) is 2. The summed E-state index contributed by atoms with van der Waals surface area (Å²) in [5.41, 5.74) is 0.669. The van der Waals surface area contributed by atoms with Crippen LogP contribution in [0.3, 0.4) is 0 Å². The summed E-state index contributed by atoms with van der Waals surface area (Å²) < 4.78 is 11.0. The quantitative estimate of drug-likeness (QED) is 0.813. The van der Waals surface area contributed by atoms with Crippen LogP contribution in [0.5, 0.6) is 11.5 Å². The fourth-order valence-corrected chi connectivity index (χ4v) is 2.60. The summed E-state index contributed by atoms with van der Waals surface area (Å²) in [6.45, 7) is 6.01. The molecule has 1 saturated heterocycles. The van der Waals surface area contributed by atoms with Gasteiger partial charge in [0.2, 0.25) is 5.91 Å². The summed E-state index contributed by atoms with van der Waals surface area (Å²) in [6, 6.07) is 5.46. The van der Waals surface area contributed by atoms with E-state index in [9.17, 15) is 4.79 Å². The first-order valence-electron chi connectivity index (χ1n) is 7.93. The molecule has 5 nitrogen and oxygen atoms in total. The van der Waals surface area contributed by atoms with Gasteiger partial charge in [-0.3, -0.25) is 4.79 Å². The fraction of sp³-hybridized carbons (Fsp3) is 0.588. The van der Waals surface area contributed by atoms with E-state index in [1.54, 1.807) is 13.2 Å². The Labute approximate surface area is 132 Å². The normalized spacial score (nSPS) is 17.5. The average molecular weight is 306 g/mol. The van der Waals surface area contributed by atoms with Crippen molar-refractivity contribution in [1.29, 1.82) is 0 Å². The van der Waals surface area contributed by atoms with Crippen LogP contribution in [0.4, 0.5) is 5.69 Å². The van der Waals surface area contributed by atoms with E-state index in [1.807, 2.05) is 26.0 Å². The zero-order valence-corrected chi connectivity index (χ0v) is 13.6. The van der Waals surface area contributed by atoms with Gasteiger partial charge in [-0.25, -0.2) is 0 Å². The molecule has 1 aromatic rings. The van der Waals surface area contributed by atoms with Gasteiger partial charge in [0.25, 0.3) is 0 Å². The monoisotopic (exact) mass is 306 g/mol. The van der Waals surface area contributed by atoms with Crippen molar-refractivity contribution in [3.05, 3.63) is 18.2 Å². The van der Waals surface area contributed by atoms with Crippen molar-refractivity contribution in [1.82, 2.24) is 5.32 Å². The number of methoxy groups -OCH3 is 1. The lowest BCUT2D eigenvalue weighted by atomic mass is 10.0. The summed E-state index contributed by atoms with van der Waals surface area (Å²) in [5, 5.41) is 6.27. The molecule has 2 rings (SSSR count). The molecule has 122 valence electrons. The zero-order chi connectivity index (χ0) is 15.9. The smallest absolute Gasteiger partial charge is 0.224 e. The molecule has 0 bridgehead atoms. The highest BCUT2D eigenvalue weighted by atomic mass is 16.5. The lowest BCUT2D eigenvalue weighted by Crippen LogP contribution is -2.16. The maximum Gasteiger partial charge on any atom is 0.224 e. The van der Waals surface area contributed by atoms with E-state index in [2.05, 4.69) is 10.6 Å². The summed E-state index contributed by atoms with van der Waals surface area (Å²) in [7, 11) is 1.61. The third-order valence-electron chi connectivity index (χ3n) is 3.77. The minimum Gasteiger partial charge on any atom is -0.497 e. The third kappa shape index (κ3) is 4.91. The van der Waals surface area contributed by atoms with Crippen LogP contribution in [0.2, 0.25) is 0 Å².